The summed E-state index contributed by atoms with van der Waals surface area (Å²) in [5, 5.41) is 0. The van der Waals surface area contributed by atoms with E-state index < -0.39 is 0 Å². The van der Waals surface area contributed by atoms with Gasteiger partial charge in [0, 0.05) is 12.3 Å². The molecule has 2 bridgehead atoms. The molecule has 0 radical (unpaired) electrons. The van der Waals surface area contributed by atoms with Crippen LogP contribution in [-0.2, 0) is 9.53 Å². The zero-order valence-corrected chi connectivity index (χ0v) is 13.4. The van der Waals surface area contributed by atoms with Gasteiger partial charge in [0.05, 0.1) is 11.2 Å². The fraction of sp³-hybridized carbons (Fsp3) is 0.944. The summed E-state index contributed by atoms with van der Waals surface area (Å²) in [7, 11) is 0. The summed E-state index contributed by atoms with van der Waals surface area (Å²) in [5.74, 6) is 2.01. The Kier molecular flexibility index (Phi) is 3.73. The maximum atomic E-state index is 12.6. The second-order valence-corrected chi connectivity index (χ2v) is 7.60. The first kappa shape index (κ1) is 14.6. The Morgan fingerprint density at radius 2 is 1.95 bits per heavy atom. The lowest BCUT2D eigenvalue weighted by Crippen LogP contribution is -2.53. The molecule has 0 aromatic heterocycles. The fourth-order valence-corrected chi connectivity index (χ4v) is 5.29. The van der Waals surface area contributed by atoms with Gasteiger partial charge in [-0.15, -0.1) is 0 Å². The topological polar surface area (TPSA) is 26.3 Å². The van der Waals surface area contributed by atoms with E-state index in [1.165, 1.54) is 25.7 Å². The zero-order valence-electron chi connectivity index (χ0n) is 13.4. The van der Waals surface area contributed by atoms with Gasteiger partial charge >= 0.3 is 0 Å². The number of hydrogen-bond donors (Lipinski definition) is 0. The molecule has 1 saturated heterocycles. The van der Waals surface area contributed by atoms with E-state index in [9.17, 15) is 4.79 Å². The standard InChI is InChI=1S/C18H30O2/c1-4-6-7-15-16(19)11-10-13-8-9-14-12-18(13,15)20-17(14,3)5-2/h13-15H,4-12H2,1-3H3. The smallest absolute Gasteiger partial charge is 0.138 e. The lowest BCUT2D eigenvalue weighted by Gasteiger charge is -2.48. The first-order chi connectivity index (χ1) is 9.55. The second-order valence-electron chi connectivity index (χ2n) is 7.60. The highest BCUT2D eigenvalue weighted by Crippen LogP contribution is 2.61. The van der Waals surface area contributed by atoms with E-state index in [1.807, 2.05) is 0 Å². The maximum absolute atomic E-state index is 12.6. The highest BCUT2D eigenvalue weighted by Gasteiger charge is 2.63. The number of fused-ring (bicyclic) bond motifs is 1. The van der Waals surface area contributed by atoms with Crippen molar-refractivity contribution in [3.63, 3.8) is 0 Å². The normalized spacial score (nSPS) is 47.4. The molecule has 3 aliphatic rings. The second kappa shape index (κ2) is 5.12. The molecule has 0 aromatic rings. The Morgan fingerprint density at radius 3 is 2.65 bits per heavy atom. The number of Topliss-reactive ketones (excluding diaryl/α,β-unsaturated/α-hetero) is 1. The van der Waals surface area contributed by atoms with Crippen molar-refractivity contribution < 1.29 is 9.53 Å². The van der Waals surface area contributed by atoms with Crippen molar-refractivity contribution >= 4 is 5.78 Å². The van der Waals surface area contributed by atoms with Gasteiger partial charge in [-0.1, -0.05) is 26.7 Å². The van der Waals surface area contributed by atoms with E-state index in [-0.39, 0.29) is 17.1 Å². The predicted molar refractivity (Wildman–Crippen MR) is 80.6 cm³/mol. The molecule has 20 heavy (non-hydrogen) atoms. The maximum Gasteiger partial charge on any atom is 0.138 e. The van der Waals surface area contributed by atoms with E-state index in [2.05, 4.69) is 20.8 Å². The third-order valence-corrected chi connectivity index (χ3v) is 6.67. The SMILES string of the molecule is CCCCC1C(=O)CCC2CCC3CC21OC3(C)CC. The summed E-state index contributed by atoms with van der Waals surface area (Å²) >= 11 is 0. The molecule has 114 valence electrons. The number of carbonyl (C=O) groups excluding carboxylic acids is 1. The van der Waals surface area contributed by atoms with Crippen LogP contribution in [-0.4, -0.2) is 17.0 Å². The third-order valence-electron chi connectivity index (χ3n) is 6.67. The van der Waals surface area contributed by atoms with Crippen molar-refractivity contribution in [3.8, 4) is 0 Å². The quantitative estimate of drug-likeness (QED) is 0.756. The summed E-state index contributed by atoms with van der Waals surface area (Å²) in [4.78, 5) is 12.6. The van der Waals surface area contributed by atoms with E-state index in [1.54, 1.807) is 0 Å². The minimum Gasteiger partial charge on any atom is -0.368 e. The number of unbranched alkanes of at least 4 members (excludes halogenated alkanes) is 1. The molecule has 1 heterocycles. The van der Waals surface area contributed by atoms with Crippen LogP contribution in [0.1, 0.15) is 78.6 Å². The van der Waals surface area contributed by atoms with Crippen LogP contribution in [0.15, 0.2) is 0 Å². The lowest BCUT2D eigenvalue weighted by atomic mass is 9.59. The number of rotatable bonds is 4. The van der Waals surface area contributed by atoms with Crippen LogP contribution in [0, 0.1) is 17.8 Å². The van der Waals surface area contributed by atoms with E-state index in [0.29, 0.717) is 17.6 Å². The highest BCUT2D eigenvalue weighted by atomic mass is 16.5. The molecule has 2 nitrogen and oxygen atoms in total. The number of ketones is 1. The molecular weight excluding hydrogens is 248 g/mol. The number of carbonyl (C=O) groups is 1. The lowest BCUT2D eigenvalue weighted by molar-refractivity contribution is -0.176. The van der Waals surface area contributed by atoms with Crippen molar-refractivity contribution in [2.75, 3.05) is 0 Å². The van der Waals surface area contributed by atoms with E-state index in [4.69, 9.17) is 4.74 Å². The van der Waals surface area contributed by atoms with Crippen LogP contribution < -0.4 is 0 Å². The van der Waals surface area contributed by atoms with Gasteiger partial charge in [0.2, 0.25) is 0 Å². The van der Waals surface area contributed by atoms with E-state index in [0.717, 1.165) is 32.1 Å². The molecule has 5 atom stereocenters. The van der Waals surface area contributed by atoms with Crippen LogP contribution in [0.4, 0.5) is 0 Å². The average molecular weight is 278 g/mol. The first-order valence-electron chi connectivity index (χ1n) is 8.78. The third kappa shape index (κ3) is 1.98. The molecule has 0 N–H and O–H groups in total. The summed E-state index contributed by atoms with van der Waals surface area (Å²) in [6.45, 7) is 6.76. The number of hydrogen-bond acceptors (Lipinski definition) is 2. The van der Waals surface area contributed by atoms with Gasteiger partial charge in [0.1, 0.15) is 5.78 Å². The molecule has 2 aliphatic carbocycles. The molecule has 1 spiro atoms. The van der Waals surface area contributed by atoms with Gasteiger partial charge in [-0.3, -0.25) is 4.79 Å². The van der Waals surface area contributed by atoms with Gasteiger partial charge < -0.3 is 4.74 Å². The fourth-order valence-electron chi connectivity index (χ4n) is 5.29. The van der Waals surface area contributed by atoms with Crippen molar-refractivity contribution in [2.24, 2.45) is 17.8 Å². The predicted octanol–water partition coefficient (Wildman–Crippen LogP) is 4.51. The van der Waals surface area contributed by atoms with Crippen LogP contribution in [0.25, 0.3) is 0 Å². The van der Waals surface area contributed by atoms with Crippen LogP contribution >= 0.6 is 0 Å². The summed E-state index contributed by atoms with van der Waals surface area (Å²) in [5.41, 5.74) is -0.0605. The van der Waals surface area contributed by atoms with Crippen molar-refractivity contribution in [2.45, 2.75) is 89.8 Å². The largest absolute Gasteiger partial charge is 0.368 e. The Balaban J connectivity index is 1.92. The van der Waals surface area contributed by atoms with Crippen LogP contribution in [0.5, 0.6) is 0 Å². The van der Waals surface area contributed by atoms with Crippen molar-refractivity contribution in [1.82, 2.24) is 0 Å². The van der Waals surface area contributed by atoms with Crippen molar-refractivity contribution in [1.29, 1.82) is 0 Å². The molecule has 1 aliphatic heterocycles. The highest BCUT2D eigenvalue weighted by molar-refractivity contribution is 5.83. The Bertz CT molecular complexity index is 391. The molecule has 2 saturated carbocycles. The van der Waals surface area contributed by atoms with Crippen LogP contribution in [0.2, 0.25) is 0 Å². The van der Waals surface area contributed by atoms with Gasteiger partial charge in [-0.05, 0) is 57.3 Å². The summed E-state index contributed by atoms with van der Waals surface area (Å²) in [6, 6.07) is 0. The molecule has 0 aromatic carbocycles. The molecule has 3 rings (SSSR count). The van der Waals surface area contributed by atoms with E-state index >= 15 is 0 Å². The number of ether oxygens (including phenoxy) is 1. The molecular formula is C18H30O2. The average Bonchev–Trinajstić information content (AvgIpc) is 2.67. The molecule has 5 unspecified atom stereocenters. The van der Waals surface area contributed by atoms with Gasteiger partial charge in [-0.25, -0.2) is 0 Å². The molecule has 2 heteroatoms. The van der Waals surface area contributed by atoms with Gasteiger partial charge in [0.25, 0.3) is 0 Å². The first-order valence-corrected chi connectivity index (χ1v) is 8.78. The van der Waals surface area contributed by atoms with Crippen molar-refractivity contribution in [3.05, 3.63) is 0 Å². The molecule has 3 fully saturated rings. The minimum atomic E-state index is -0.0851. The monoisotopic (exact) mass is 278 g/mol. The molecule has 0 amide bonds. The summed E-state index contributed by atoms with van der Waals surface area (Å²) < 4.78 is 6.77. The Morgan fingerprint density at radius 1 is 1.20 bits per heavy atom. The Labute approximate surface area is 123 Å². The van der Waals surface area contributed by atoms with Crippen LogP contribution in [0.3, 0.4) is 0 Å². The summed E-state index contributed by atoms with van der Waals surface area (Å²) in [6.07, 6.45) is 10.1. The van der Waals surface area contributed by atoms with Gasteiger partial charge in [0.15, 0.2) is 0 Å². The van der Waals surface area contributed by atoms with Gasteiger partial charge in [-0.2, -0.15) is 0 Å². The Hall–Kier alpha value is -0.370. The zero-order chi connectivity index (χ0) is 14.4. The minimum absolute atomic E-state index is 0.0246.